The molecule has 0 amide bonds. The van der Waals surface area contributed by atoms with Gasteiger partial charge in [-0.2, -0.15) is 24.3 Å². The van der Waals surface area contributed by atoms with Gasteiger partial charge >= 0.3 is 0 Å². The maximum atomic E-state index is 2.20. The van der Waals surface area contributed by atoms with Gasteiger partial charge in [-0.25, -0.2) is 0 Å². The van der Waals surface area contributed by atoms with E-state index in [1.807, 2.05) is 0 Å². The van der Waals surface area contributed by atoms with E-state index in [0.717, 1.165) is 19.0 Å². The Morgan fingerprint density at radius 2 is 0.414 bits per heavy atom. The first-order valence-electron chi connectivity index (χ1n) is 22.6. The molecular weight excluding hydrogens is 1250 g/mol. The Bertz CT molecular complexity index is 2670. The van der Waals surface area contributed by atoms with Gasteiger partial charge in [-0.05, 0) is 0 Å². The van der Waals surface area contributed by atoms with Crippen molar-refractivity contribution in [1.82, 2.24) is 0 Å². The molecule has 0 aliphatic heterocycles. The third kappa shape index (κ3) is 19.6. The van der Waals surface area contributed by atoms with Crippen LogP contribution in [0.1, 0.15) is 22.3 Å². The van der Waals surface area contributed by atoms with Crippen LogP contribution in [-0.2, 0) is 51.7 Å². The van der Waals surface area contributed by atoms with Crippen LogP contribution in [0.15, 0.2) is 267 Å². The van der Waals surface area contributed by atoms with Crippen molar-refractivity contribution >= 4 is 82.9 Å². The molecule has 0 N–H and O–H groups in total. The molecule has 0 atom stereocenters. The number of benzene rings is 8. The normalized spacial score (nSPS) is 9.66. The summed E-state index contributed by atoms with van der Waals surface area (Å²) in [5.74, 6) is 0. The molecule has 0 saturated heterocycles. The zero-order chi connectivity index (χ0) is 45.8. The maximum absolute atomic E-state index is 2.20. The largest absolute Gasteiger partial charge is 1.00 e. The Kier molecular flexibility index (Phi) is 27.1. The molecule has 4 radical (unpaired) electrons. The van der Waals surface area contributed by atoms with E-state index in [9.17, 15) is 0 Å². The third-order valence-corrected chi connectivity index (χ3v) is 13.2. The van der Waals surface area contributed by atoms with Crippen LogP contribution in [0.5, 0.6) is 0 Å². The molecule has 0 saturated carbocycles. The van der Waals surface area contributed by atoms with E-state index < -0.39 is 0 Å². The first-order chi connectivity index (χ1) is 32.3. The average molecular weight is 1310 g/mol. The topological polar surface area (TPSA) is 0 Å². The molecule has 0 spiro atoms. The number of aryl methyl sites for hydroxylation is 4. The van der Waals surface area contributed by atoms with Crippen molar-refractivity contribution in [2.75, 3.05) is 0 Å². The molecule has 0 unspecified atom stereocenters. The van der Waals surface area contributed by atoms with Crippen molar-refractivity contribution < 1.29 is 76.5 Å². The maximum Gasteiger partial charge on any atom is 0.121 e. The van der Waals surface area contributed by atoms with Gasteiger partial charge in [-0.15, -0.1) is 162 Å². The van der Waals surface area contributed by atoms with Gasteiger partial charge in [0, 0.05) is 51.7 Å². The predicted octanol–water partition coefficient (Wildman–Crippen LogP) is 8.15. The molecule has 70 heavy (non-hydrogen) atoms. The molecule has 0 heterocycles. The Labute approximate surface area is 471 Å². The van der Waals surface area contributed by atoms with Gasteiger partial charge in [0.2, 0.25) is 0 Å². The number of fused-ring (bicyclic) bond motifs is 4. The fourth-order valence-corrected chi connectivity index (χ4v) is 9.75. The van der Waals surface area contributed by atoms with Gasteiger partial charge in [-0.1, -0.05) is 194 Å². The monoisotopic (exact) mass is 1310 g/mol. The minimum Gasteiger partial charge on any atom is -1.00 e. The summed E-state index contributed by atoms with van der Waals surface area (Å²) in [7, 11) is 1.55. The molecule has 12 rings (SSSR count). The van der Waals surface area contributed by atoms with Gasteiger partial charge in [0.05, 0.1) is 0 Å². The summed E-state index contributed by atoms with van der Waals surface area (Å²) in [6, 6.07) is 93.6. The molecule has 0 fully saturated rings. The van der Waals surface area contributed by atoms with Crippen molar-refractivity contribution in [3.63, 3.8) is 0 Å². The van der Waals surface area contributed by atoms with Crippen LogP contribution in [0.2, 0.25) is 0 Å². The number of rotatable bonds is 4. The minimum absolute atomic E-state index is 0. The van der Waals surface area contributed by atoms with Crippen molar-refractivity contribution in [2.45, 2.75) is 27.7 Å². The summed E-state index contributed by atoms with van der Waals surface area (Å²) in [5.41, 5.74) is 5.39. The van der Waals surface area contributed by atoms with Crippen molar-refractivity contribution in [1.29, 1.82) is 0 Å². The van der Waals surface area contributed by atoms with Gasteiger partial charge in [0.15, 0.2) is 0 Å². The zero-order valence-corrected chi connectivity index (χ0v) is 50.9. The van der Waals surface area contributed by atoms with Crippen LogP contribution in [0.4, 0.5) is 0 Å². The molecular formula is C64H56Cl2Hf2Si2-6. The van der Waals surface area contributed by atoms with Crippen LogP contribution in [0, 0.1) is 27.7 Å². The van der Waals surface area contributed by atoms with Gasteiger partial charge in [-0.3, -0.25) is 0 Å². The van der Waals surface area contributed by atoms with E-state index in [2.05, 4.69) is 295 Å². The molecule has 0 aliphatic rings. The van der Waals surface area contributed by atoms with Crippen molar-refractivity contribution in [2.24, 2.45) is 0 Å². The van der Waals surface area contributed by atoms with Crippen molar-refractivity contribution in [3.8, 4) is 0 Å². The van der Waals surface area contributed by atoms with Gasteiger partial charge in [0.1, 0.15) is 19.0 Å². The molecule has 12 aromatic rings. The summed E-state index contributed by atoms with van der Waals surface area (Å²) >= 11 is 0. The van der Waals surface area contributed by atoms with Crippen LogP contribution >= 0.6 is 0 Å². The number of hydrogen-bond donors (Lipinski definition) is 0. The fraction of sp³-hybridized carbons (Fsp3) is 0.0625. The van der Waals surface area contributed by atoms with E-state index in [-0.39, 0.29) is 76.5 Å². The van der Waals surface area contributed by atoms with E-state index in [1.165, 1.54) is 86.1 Å². The molecule has 0 aliphatic carbocycles. The Hall–Kier alpha value is -5.05. The molecule has 0 nitrogen and oxygen atoms in total. The molecule has 0 aromatic heterocycles. The van der Waals surface area contributed by atoms with Crippen LogP contribution in [-0.4, -0.2) is 19.0 Å². The quantitative estimate of drug-likeness (QED) is 0.124. The summed E-state index contributed by atoms with van der Waals surface area (Å²) < 4.78 is 0. The molecule has 0 bridgehead atoms. The fourth-order valence-electron chi connectivity index (χ4n) is 7.64. The predicted molar refractivity (Wildman–Crippen MR) is 293 cm³/mol. The summed E-state index contributed by atoms with van der Waals surface area (Å²) in [6.45, 7) is 8.50. The number of hydrogen-bond acceptors (Lipinski definition) is 0. The molecule has 6 heteroatoms. The first kappa shape index (κ1) is 59.3. The summed E-state index contributed by atoms with van der Waals surface area (Å²) in [4.78, 5) is 0. The Balaban J connectivity index is 0.000000220. The van der Waals surface area contributed by atoms with Gasteiger partial charge < -0.3 is 24.8 Å². The van der Waals surface area contributed by atoms with Crippen LogP contribution < -0.4 is 45.6 Å². The van der Waals surface area contributed by atoms with Crippen LogP contribution in [0.3, 0.4) is 0 Å². The van der Waals surface area contributed by atoms with E-state index >= 15 is 0 Å². The third-order valence-electron chi connectivity index (χ3n) is 10.7. The molecule has 348 valence electrons. The minimum atomic E-state index is 0. The summed E-state index contributed by atoms with van der Waals surface area (Å²) in [6.07, 6.45) is 0. The SMILES string of the molecule is Cc1cc2ccccc2[cH-]1.Cc1cc2ccccc2[cH-]1.Cc1cc2ccccc2[cH-]1.Cc1cc2ccccc2[cH-]1.[Cl-].[Cl-].[Hf].[Hf].c1ccc([Si]c2ccccc2)cc1.c1ccc([Si]c2ccccc2)cc1. The number of halogens is 2. The standard InChI is InChI=1S/2C12H10Si.4C10H9.2ClH.2Hf/c2*1-3-7-11(8-4-1)13-12-9-5-2-6-10-12;4*1-8-6-9-4-2-3-5-10(9)7-8;;;;/h2*1-10H;4*2-7H,1H3;2*1H;;/q;;4*-1;;;;/p-2. The second-order valence-corrected chi connectivity index (χ2v) is 19.2. The van der Waals surface area contributed by atoms with Crippen LogP contribution in [0.25, 0.3) is 43.1 Å². The Morgan fingerprint density at radius 1 is 0.243 bits per heavy atom. The van der Waals surface area contributed by atoms with Crippen molar-refractivity contribution in [3.05, 3.63) is 289 Å². The molecule has 12 aromatic carbocycles. The van der Waals surface area contributed by atoms with Gasteiger partial charge in [0.25, 0.3) is 0 Å². The average Bonchev–Trinajstić information content (AvgIpc) is 4.14. The smallest absolute Gasteiger partial charge is 0.121 e. The first-order valence-corrected chi connectivity index (χ1v) is 24.6. The van der Waals surface area contributed by atoms with E-state index in [0.29, 0.717) is 0 Å². The van der Waals surface area contributed by atoms with E-state index in [4.69, 9.17) is 0 Å². The van der Waals surface area contributed by atoms with E-state index in [1.54, 1.807) is 0 Å². The zero-order valence-electron chi connectivity index (χ0n) is 40.2. The second kappa shape index (κ2) is 32.0. The summed E-state index contributed by atoms with van der Waals surface area (Å²) in [5, 5.41) is 16.4. The Morgan fingerprint density at radius 3 is 0.600 bits per heavy atom. The second-order valence-electron chi connectivity index (χ2n) is 16.4.